The lowest BCUT2D eigenvalue weighted by Crippen LogP contribution is -1.74. The van der Waals surface area contributed by atoms with Gasteiger partial charge in [0.15, 0.2) is 0 Å². The molecule has 0 aromatic carbocycles. The van der Waals surface area contributed by atoms with Crippen LogP contribution < -0.4 is 0 Å². The minimum Gasteiger partial charge on any atom is -0.765 e. The molecule has 0 bridgehead atoms. The lowest BCUT2D eigenvalue weighted by atomic mass is 15.9. The molecule has 0 aromatic heterocycles. The van der Waals surface area contributed by atoms with Crippen LogP contribution in [0.4, 0.5) is 0 Å². The molecule has 0 aromatic rings. The molecular formula is Cl2O3PS-. The highest BCUT2D eigenvalue weighted by Gasteiger charge is 2.12. The number of halogens is 2. The monoisotopic (exact) mass is 181 g/mol. The summed E-state index contributed by atoms with van der Waals surface area (Å²) in [6, 6.07) is 0. The standard InChI is InChI=1S/Cl2HO3PS/c1-6(2,3)7(4)5/h(H,4,5)/p-1. The molecule has 0 rings (SSSR count). The molecular weight excluding hydrogens is 182 g/mol. The summed E-state index contributed by atoms with van der Waals surface area (Å²) >= 11 is 9.15. The van der Waals surface area contributed by atoms with Crippen LogP contribution in [0.5, 0.6) is 0 Å². The largest absolute Gasteiger partial charge is 0.765 e. The van der Waals surface area contributed by atoms with E-state index in [0.29, 0.717) is 0 Å². The van der Waals surface area contributed by atoms with Crippen molar-refractivity contribution >= 4 is 38.2 Å². The van der Waals surface area contributed by atoms with E-state index in [-0.39, 0.29) is 0 Å². The van der Waals surface area contributed by atoms with E-state index in [0.717, 1.165) is 0 Å². The Morgan fingerprint density at radius 1 is 1.57 bits per heavy atom. The van der Waals surface area contributed by atoms with Crippen LogP contribution >= 0.6 is 27.5 Å². The summed E-state index contributed by atoms with van der Waals surface area (Å²) in [5, 5.41) is -3.88. The Kier molecular flexibility index (Phi) is 2.79. The number of hydrogen-bond donors (Lipinski definition) is 0. The zero-order valence-electron chi connectivity index (χ0n) is 2.84. The first-order valence-electron chi connectivity index (χ1n) is 1.04. The van der Waals surface area contributed by atoms with Gasteiger partial charge in [-0.15, -0.1) is 0 Å². The lowest BCUT2D eigenvalue weighted by Gasteiger charge is -2.01. The van der Waals surface area contributed by atoms with Crippen molar-refractivity contribution in [3.8, 4) is 0 Å². The highest BCUT2D eigenvalue weighted by molar-refractivity contribution is 8.63. The fraction of sp³-hybridized carbons (Fsp3) is 0. The molecule has 0 aliphatic carbocycles. The summed E-state index contributed by atoms with van der Waals surface area (Å²) in [6.45, 7) is 0. The van der Waals surface area contributed by atoms with Crippen molar-refractivity contribution in [2.24, 2.45) is 0 Å². The molecule has 7 heteroatoms. The Bertz CT molecular complexity index is 125. The first-order valence-corrected chi connectivity index (χ1v) is 6.23. The van der Waals surface area contributed by atoms with Crippen LogP contribution in [0.2, 0.25) is 0 Å². The molecule has 44 valence electrons. The van der Waals surface area contributed by atoms with E-state index in [2.05, 4.69) is 22.5 Å². The SMILES string of the molecule is O=S([O-])P(=O)(Cl)Cl. The quantitative estimate of drug-likeness (QED) is 0.455. The van der Waals surface area contributed by atoms with Crippen molar-refractivity contribution in [2.75, 3.05) is 0 Å². The van der Waals surface area contributed by atoms with E-state index < -0.39 is 15.7 Å². The van der Waals surface area contributed by atoms with Gasteiger partial charge in [0.05, 0.1) is 0 Å². The summed E-state index contributed by atoms with van der Waals surface area (Å²) in [6.07, 6.45) is 0. The highest BCUT2D eigenvalue weighted by Crippen LogP contribution is 2.59. The van der Waals surface area contributed by atoms with E-state index >= 15 is 0 Å². The van der Waals surface area contributed by atoms with Crippen LogP contribution in [0.25, 0.3) is 0 Å². The van der Waals surface area contributed by atoms with Gasteiger partial charge in [0.1, 0.15) is 0 Å². The number of hydrogen-bond acceptors (Lipinski definition) is 3. The normalized spacial score (nSPS) is 16.4. The van der Waals surface area contributed by atoms with Crippen LogP contribution in [0.3, 0.4) is 0 Å². The van der Waals surface area contributed by atoms with Crippen LogP contribution in [0.1, 0.15) is 0 Å². The van der Waals surface area contributed by atoms with E-state index in [9.17, 15) is 13.3 Å². The average Bonchev–Trinajstić information content (AvgIpc) is 1.31. The molecule has 0 radical (unpaired) electrons. The van der Waals surface area contributed by atoms with Gasteiger partial charge in [0.25, 0.3) is 0 Å². The Morgan fingerprint density at radius 2 is 1.71 bits per heavy atom. The van der Waals surface area contributed by atoms with Crippen molar-refractivity contribution in [1.82, 2.24) is 0 Å². The van der Waals surface area contributed by atoms with Crippen LogP contribution in [0.15, 0.2) is 0 Å². The Balaban J connectivity index is 4.09. The first kappa shape index (κ1) is 7.92. The predicted octanol–water partition coefficient (Wildman–Crippen LogP) is 1.45. The zero-order chi connectivity index (χ0) is 6.08. The van der Waals surface area contributed by atoms with Gasteiger partial charge in [-0.05, 0) is 22.5 Å². The molecule has 1 unspecified atom stereocenters. The summed E-state index contributed by atoms with van der Waals surface area (Å²) in [5.74, 6) is 0. The smallest absolute Gasteiger partial charge is 0.323 e. The van der Waals surface area contributed by atoms with Gasteiger partial charge < -0.3 is 4.55 Å². The summed E-state index contributed by atoms with van der Waals surface area (Å²) < 4.78 is 28.8. The molecule has 3 nitrogen and oxygen atoms in total. The van der Waals surface area contributed by atoms with Crippen molar-refractivity contribution < 1.29 is 13.3 Å². The maximum Gasteiger partial charge on any atom is 0.323 e. The molecule has 1 atom stereocenters. The highest BCUT2D eigenvalue weighted by atomic mass is 35.9. The first-order chi connectivity index (χ1) is 2.94. The van der Waals surface area contributed by atoms with Gasteiger partial charge in [-0.2, -0.15) is 0 Å². The molecule has 0 aliphatic rings. The molecule has 0 amide bonds. The number of rotatable bonds is 1. The third-order valence-electron chi connectivity index (χ3n) is 0.174. The Morgan fingerprint density at radius 3 is 1.71 bits per heavy atom. The van der Waals surface area contributed by atoms with Crippen molar-refractivity contribution in [3.05, 3.63) is 0 Å². The van der Waals surface area contributed by atoms with Gasteiger partial charge in [-0.3, -0.25) is 8.77 Å². The van der Waals surface area contributed by atoms with E-state index in [1.54, 1.807) is 0 Å². The second kappa shape index (κ2) is 2.46. The van der Waals surface area contributed by atoms with Gasteiger partial charge >= 0.3 is 5.05 Å². The Hall–Kier alpha value is 0.920. The summed E-state index contributed by atoms with van der Waals surface area (Å²) in [7, 11) is -2.85. The maximum atomic E-state index is 9.83. The summed E-state index contributed by atoms with van der Waals surface area (Å²) in [4.78, 5) is 0. The Labute approximate surface area is 52.0 Å². The maximum absolute atomic E-state index is 9.83. The lowest BCUT2D eigenvalue weighted by molar-refractivity contribution is 0.544. The van der Waals surface area contributed by atoms with Crippen LogP contribution in [-0.2, 0) is 15.3 Å². The minimum atomic E-state index is -3.88. The minimum absolute atomic E-state index is 2.85. The molecule has 0 spiro atoms. The van der Waals surface area contributed by atoms with Crippen LogP contribution in [0, 0.1) is 0 Å². The second-order valence-electron chi connectivity index (χ2n) is 0.632. The molecule has 0 aliphatic heterocycles. The van der Waals surface area contributed by atoms with Crippen molar-refractivity contribution in [2.45, 2.75) is 0 Å². The molecule has 0 saturated carbocycles. The molecule has 0 heterocycles. The fourth-order valence-electron chi connectivity index (χ4n) is 0. The van der Waals surface area contributed by atoms with Crippen molar-refractivity contribution in [3.63, 3.8) is 0 Å². The zero-order valence-corrected chi connectivity index (χ0v) is 6.06. The predicted molar refractivity (Wildman–Crippen MR) is 28.2 cm³/mol. The van der Waals surface area contributed by atoms with Gasteiger partial charge in [-0.1, -0.05) is 0 Å². The van der Waals surface area contributed by atoms with E-state index in [1.807, 2.05) is 0 Å². The van der Waals surface area contributed by atoms with Gasteiger partial charge in [0.2, 0.25) is 0 Å². The molecule has 7 heavy (non-hydrogen) atoms. The van der Waals surface area contributed by atoms with Crippen LogP contribution in [-0.4, -0.2) is 8.76 Å². The van der Waals surface area contributed by atoms with Gasteiger partial charge in [-0.25, -0.2) is 0 Å². The topological polar surface area (TPSA) is 57.2 Å². The molecule has 0 fully saturated rings. The molecule has 0 saturated heterocycles. The van der Waals surface area contributed by atoms with Gasteiger partial charge in [0, 0.05) is 10.7 Å². The third kappa shape index (κ3) is 3.50. The fourth-order valence-corrected chi connectivity index (χ4v) is 0. The van der Waals surface area contributed by atoms with Crippen molar-refractivity contribution in [1.29, 1.82) is 0 Å². The molecule has 0 N–H and O–H groups in total. The second-order valence-corrected chi connectivity index (χ2v) is 8.91. The van der Waals surface area contributed by atoms with E-state index in [4.69, 9.17) is 0 Å². The average molecular weight is 182 g/mol. The third-order valence-corrected chi connectivity index (χ3v) is 3.59. The summed E-state index contributed by atoms with van der Waals surface area (Å²) in [5.41, 5.74) is 0. The van der Waals surface area contributed by atoms with E-state index in [1.165, 1.54) is 0 Å².